The van der Waals surface area contributed by atoms with Crippen molar-refractivity contribution in [2.45, 2.75) is 142 Å². The van der Waals surface area contributed by atoms with Crippen molar-refractivity contribution in [3.63, 3.8) is 0 Å². The highest BCUT2D eigenvalue weighted by atomic mass is 16.2. The highest BCUT2D eigenvalue weighted by Crippen LogP contribution is 2.14. The molecule has 0 saturated heterocycles. The molecule has 0 saturated carbocycles. The monoisotopic (exact) mass is 339 g/mol. The van der Waals surface area contributed by atoms with Gasteiger partial charge >= 0.3 is 0 Å². The predicted octanol–water partition coefficient (Wildman–Crippen LogP) is 8.63. The zero-order chi connectivity index (χ0) is 17.6. The summed E-state index contributed by atoms with van der Waals surface area (Å²) in [7, 11) is 0. The van der Waals surface area contributed by atoms with Crippen LogP contribution in [0.3, 0.4) is 0 Å². The Kier molecular flexibility index (Phi) is 22.9. The molecule has 0 aromatic carbocycles. The van der Waals surface area contributed by atoms with Crippen LogP contribution >= 0.6 is 0 Å². The number of hydrogen-bond acceptors (Lipinski definition) is 0. The van der Waals surface area contributed by atoms with Crippen LogP contribution < -0.4 is 0 Å². The molecule has 0 aromatic rings. The predicted molar refractivity (Wildman–Crippen MR) is 108 cm³/mol. The average Bonchev–Trinajstić information content (AvgIpc) is 2.60. The van der Waals surface area contributed by atoms with Crippen LogP contribution in [-0.4, -0.2) is 6.61 Å². The van der Waals surface area contributed by atoms with Crippen molar-refractivity contribution >= 4 is 0 Å². The normalized spacial score (nSPS) is 11.2. The van der Waals surface area contributed by atoms with Gasteiger partial charge < -0.3 is 0 Å². The fourth-order valence-corrected chi connectivity index (χ4v) is 3.53. The maximum atomic E-state index is 10.3. The van der Waals surface area contributed by atoms with Gasteiger partial charge in [0.05, 0.1) is 6.61 Å². The Hall–Kier alpha value is -0.0400. The summed E-state index contributed by atoms with van der Waals surface area (Å²) < 4.78 is 0. The van der Waals surface area contributed by atoms with Crippen molar-refractivity contribution in [2.75, 3.05) is 6.61 Å². The van der Waals surface area contributed by atoms with Crippen LogP contribution in [0.2, 0.25) is 0 Å². The third-order valence-electron chi connectivity index (χ3n) is 5.25. The van der Waals surface area contributed by atoms with Crippen molar-refractivity contribution in [2.24, 2.45) is 0 Å². The van der Waals surface area contributed by atoms with Gasteiger partial charge in [0.2, 0.25) is 0 Å². The van der Waals surface area contributed by atoms with Crippen LogP contribution in [0.1, 0.15) is 142 Å². The fourth-order valence-electron chi connectivity index (χ4n) is 3.53. The molecule has 0 unspecified atom stereocenters. The molecule has 0 bridgehead atoms. The second kappa shape index (κ2) is 23.0. The molecule has 1 nitrogen and oxygen atoms in total. The smallest absolute Gasteiger partial charge is 0.0822 e. The maximum absolute atomic E-state index is 10.3. The van der Waals surface area contributed by atoms with Crippen LogP contribution in [0.25, 0.3) is 0 Å². The van der Waals surface area contributed by atoms with Crippen LogP contribution in [-0.2, 0) is 5.11 Å². The average molecular weight is 340 g/mol. The van der Waals surface area contributed by atoms with Crippen molar-refractivity contribution in [1.29, 1.82) is 0 Å². The van der Waals surface area contributed by atoms with E-state index in [-0.39, 0.29) is 6.61 Å². The molecule has 1 heteroatoms. The van der Waals surface area contributed by atoms with E-state index in [0.717, 1.165) is 12.8 Å². The summed E-state index contributed by atoms with van der Waals surface area (Å²) in [5.74, 6) is 0. The summed E-state index contributed by atoms with van der Waals surface area (Å²) in [6.07, 6.45) is 29.3. The van der Waals surface area contributed by atoms with E-state index in [4.69, 9.17) is 0 Å². The molecule has 0 N–H and O–H groups in total. The Labute approximate surface area is 154 Å². The first-order valence-electron chi connectivity index (χ1n) is 11.5. The lowest BCUT2D eigenvalue weighted by atomic mass is 10.0. The zero-order valence-electron chi connectivity index (χ0n) is 17.0. The molecule has 0 atom stereocenters. The van der Waals surface area contributed by atoms with E-state index in [9.17, 15) is 5.11 Å². The topological polar surface area (TPSA) is 19.9 Å². The summed E-state index contributed by atoms with van der Waals surface area (Å²) in [5.41, 5.74) is 0. The summed E-state index contributed by atoms with van der Waals surface area (Å²) in [4.78, 5) is 0. The first-order chi connectivity index (χ1) is 11.9. The van der Waals surface area contributed by atoms with E-state index in [2.05, 4.69) is 6.92 Å². The SMILES string of the molecule is CCCCCCCCCCCCCCCCCCCCCCC[O]. The molecule has 0 aromatic heterocycles. The fraction of sp³-hybridized carbons (Fsp3) is 1.00. The lowest BCUT2D eigenvalue weighted by Crippen LogP contribution is -1.85. The molecule has 0 amide bonds. The van der Waals surface area contributed by atoms with Gasteiger partial charge in [0.1, 0.15) is 0 Å². The van der Waals surface area contributed by atoms with Gasteiger partial charge in [-0.2, -0.15) is 0 Å². The summed E-state index contributed by atoms with van der Waals surface area (Å²) >= 11 is 0. The highest BCUT2D eigenvalue weighted by molar-refractivity contribution is 4.50. The minimum atomic E-state index is 0.124. The van der Waals surface area contributed by atoms with Crippen molar-refractivity contribution in [3.8, 4) is 0 Å². The Bertz CT molecular complexity index is 180. The molecule has 0 aliphatic heterocycles. The van der Waals surface area contributed by atoms with Crippen molar-refractivity contribution in [1.82, 2.24) is 0 Å². The van der Waals surface area contributed by atoms with Gasteiger partial charge in [0.25, 0.3) is 0 Å². The van der Waals surface area contributed by atoms with Gasteiger partial charge in [-0.1, -0.05) is 135 Å². The molecule has 0 spiro atoms. The lowest BCUT2D eigenvalue weighted by molar-refractivity contribution is 0.186. The Morgan fingerprint density at radius 3 is 0.750 bits per heavy atom. The van der Waals surface area contributed by atoms with E-state index in [0.29, 0.717) is 0 Å². The second-order valence-electron chi connectivity index (χ2n) is 7.78. The van der Waals surface area contributed by atoms with E-state index < -0.39 is 0 Å². The van der Waals surface area contributed by atoms with Crippen molar-refractivity contribution < 1.29 is 5.11 Å². The Balaban J connectivity index is 2.93. The van der Waals surface area contributed by atoms with Gasteiger partial charge in [-0.25, -0.2) is 5.11 Å². The van der Waals surface area contributed by atoms with E-state index >= 15 is 0 Å². The molecular formula is C23H47O. The van der Waals surface area contributed by atoms with E-state index in [1.165, 1.54) is 122 Å². The van der Waals surface area contributed by atoms with Gasteiger partial charge in [-0.15, -0.1) is 0 Å². The van der Waals surface area contributed by atoms with Gasteiger partial charge in [0.15, 0.2) is 0 Å². The molecule has 0 aliphatic carbocycles. The highest BCUT2D eigenvalue weighted by Gasteiger charge is 1.95. The standard InChI is InChI=1S/C23H47O/c1-2-3-4-5-6-7-8-9-10-11-12-13-14-15-16-17-18-19-20-21-22-23-24/h2-23H2,1H3. The van der Waals surface area contributed by atoms with Crippen LogP contribution in [0.15, 0.2) is 0 Å². The number of unbranched alkanes of at least 4 members (excludes halogenated alkanes) is 20. The second-order valence-corrected chi connectivity index (χ2v) is 7.78. The molecule has 145 valence electrons. The zero-order valence-corrected chi connectivity index (χ0v) is 17.0. The molecule has 0 rings (SSSR count). The first-order valence-corrected chi connectivity index (χ1v) is 11.5. The van der Waals surface area contributed by atoms with Gasteiger partial charge in [-0.05, 0) is 6.42 Å². The van der Waals surface area contributed by atoms with Crippen molar-refractivity contribution in [3.05, 3.63) is 0 Å². The molecule has 1 radical (unpaired) electrons. The maximum Gasteiger partial charge on any atom is 0.0822 e. The number of rotatable bonds is 21. The molecule has 0 heterocycles. The Morgan fingerprint density at radius 2 is 0.542 bits per heavy atom. The lowest BCUT2D eigenvalue weighted by Gasteiger charge is -2.04. The molecule has 24 heavy (non-hydrogen) atoms. The Morgan fingerprint density at radius 1 is 0.333 bits per heavy atom. The third kappa shape index (κ3) is 22.0. The van der Waals surface area contributed by atoms with Crippen LogP contribution in [0.4, 0.5) is 0 Å². The largest absolute Gasteiger partial charge is 0.237 e. The van der Waals surface area contributed by atoms with E-state index in [1.807, 2.05) is 0 Å². The van der Waals surface area contributed by atoms with Gasteiger partial charge in [0, 0.05) is 0 Å². The quantitative estimate of drug-likeness (QED) is 0.186. The number of hydrogen-bond donors (Lipinski definition) is 0. The molecular weight excluding hydrogens is 292 g/mol. The van der Waals surface area contributed by atoms with Crippen LogP contribution in [0.5, 0.6) is 0 Å². The minimum absolute atomic E-state index is 0.124. The first kappa shape index (κ1) is 24.0. The molecule has 0 aliphatic rings. The third-order valence-corrected chi connectivity index (χ3v) is 5.25. The summed E-state index contributed by atoms with van der Waals surface area (Å²) in [6.45, 7) is 2.42. The van der Waals surface area contributed by atoms with Crippen LogP contribution in [0, 0.1) is 0 Å². The summed E-state index contributed by atoms with van der Waals surface area (Å²) in [6, 6.07) is 0. The van der Waals surface area contributed by atoms with E-state index in [1.54, 1.807) is 0 Å². The molecule has 0 fully saturated rings. The minimum Gasteiger partial charge on any atom is -0.237 e. The van der Waals surface area contributed by atoms with Gasteiger partial charge in [-0.3, -0.25) is 0 Å². The summed E-state index contributed by atoms with van der Waals surface area (Å²) in [5, 5.41) is 10.3.